The number of likely N-dealkylation sites (N-methyl/N-ethyl adjacent to an activating group) is 1. The van der Waals surface area contributed by atoms with Gasteiger partial charge in [0, 0.05) is 53.9 Å². The number of nitrogens with one attached hydrogen (secondary N) is 3. The third-order valence-electron chi connectivity index (χ3n) is 6.36. The Kier molecular flexibility index (Phi) is 5.50. The standard InChI is InChI=1S/C24H20ClF3N4O2/c1-32-7-6-29-11-18(32)12-8-14(21(25)16(9-12)24(26,27)28)19-20(23(34)31-22(19)33)15-10-30-17-5-3-2-4-13(15)17/h2-5,8-10,18,29-30H,6-7,11H2,1H3,(H,31,33,34). The zero-order chi connectivity index (χ0) is 24.2. The number of aromatic amines is 1. The number of aromatic nitrogens is 1. The molecule has 3 N–H and O–H groups in total. The molecule has 1 aromatic heterocycles. The molecule has 10 heteroatoms. The molecular formula is C24H20ClF3N4O2. The van der Waals surface area contributed by atoms with Crippen LogP contribution in [0.15, 0.2) is 42.6 Å². The number of carbonyl (C=O) groups excluding carboxylic acids is 2. The monoisotopic (exact) mass is 488 g/mol. The first-order valence-electron chi connectivity index (χ1n) is 10.6. The van der Waals surface area contributed by atoms with Gasteiger partial charge in [0.2, 0.25) is 0 Å². The summed E-state index contributed by atoms with van der Waals surface area (Å²) in [6.45, 7) is 1.80. The Morgan fingerprint density at radius 2 is 1.76 bits per heavy atom. The largest absolute Gasteiger partial charge is 0.417 e. The maximum Gasteiger partial charge on any atom is 0.417 e. The van der Waals surface area contributed by atoms with Crippen molar-refractivity contribution in [2.45, 2.75) is 12.2 Å². The van der Waals surface area contributed by atoms with Crippen LogP contribution in [-0.2, 0) is 15.8 Å². The average Bonchev–Trinajstić information content (AvgIpc) is 3.33. The van der Waals surface area contributed by atoms with Crippen molar-refractivity contribution in [1.29, 1.82) is 0 Å². The van der Waals surface area contributed by atoms with Crippen LogP contribution in [0.2, 0.25) is 5.02 Å². The highest BCUT2D eigenvalue weighted by Crippen LogP contribution is 2.44. The molecule has 1 unspecified atom stereocenters. The van der Waals surface area contributed by atoms with E-state index in [1.165, 1.54) is 6.07 Å². The highest BCUT2D eigenvalue weighted by molar-refractivity contribution is 6.51. The van der Waals surface area contributed by atoms with Crippen molar-refractivity contribution < 1.29 is 22.8 Å². The fourth-order valence-corrected chi connectivity index (χ4v) is 4.96. The zero-order valence-corrected chi connectivity index (χ0v) is 18.8. The van der Waals surface area contributed by atoms with Gasteiger partial charge < -0.3 is 10.3 Å². The van der Waals surface area contributed by atoms with Gasteiger partial charge in [-0.05, 0) is 30.8 Å². The molecule has 1 saturated heterocycles. The maximum atomic E-state index is 14.0. The second-order valence-electron chi connectivity index (χ2n) is 8.41. The Morgan fingerprint density at radius 3 is 2.47 bits per heavy atom. The third kappa shape index (κ3) is 3.70. The molecule has 5 rings (SSSR count). The highest BCUT2D eigenvalue weighted by Gasteiger charge is 2.40. The molecule has 3 aromatic rings. The third-order valence-corrected chi connectivity index (χ3v) is 6.76. The van der Waals surface area contributed by atoms with E-state index in [0.717, 1.165) is 11.6 Å². The van der Waals surface area contributed by atoms with Crippen LogP contribution in [0.1, 0.15) is 28.3 Å². The molecule has 1 fully saturated rings. The first kappa shape index (κ1) is 22.6. The minimum atomic E-state index is -4.75. The Morgan fingerprint density at radius 1 is 1.06 bits per heavy atom. The van der Waals surface area contributed by atoms with Crippen LogP contribution >= 0.6 is 11.6 Å². The van der Waals surface area contributed by atoms with Gasteiger partial charge in [-0.3, -0.25) is 19.8 Å². The Balaban J connectivity index is 1.79. The number of imide groups is 1. The number of hydrogen-bond donors (Lipinski definition) is 3. The first-order valence-corrected chi connectivity index (χ1v) is 11.0. The second kappa shape index (κ2) is 8.26. The number of H-pyrrole nitrogens is 1. The van der Waals surface area contributed by atoms with Gasteiger partial charge in [-0.25, -0.2) is 0 Å². The summed E-state index contributed by atoms with van der Waals surface area (Å²) in [6.07, 6.45) is -3.18. The molecular weight excluding hydrogens is 469 g/mol. The van der Waals surface area contributed by atoms with E-state index in [1.807, 2.05) is 18.0 Å². The number of hydrogen-bond acceptors (Lipinski definition) is 4. The molecule has 0 aliphatic carbocycles. The van der Waals surface area contributed by atoms with E-state index >= 15 is 0 Å². The lowest BCUT2D eigenvalue weighted by Gasteiger charge is -2.34. The lowest BCUT2D eigenvalue weighted by atomic mass is 9.91. The van der Waals surface area contributed by atoms with Crippen molar-refractivity contribution in [2.75, 3.05) is 26.7 Å². The smallest absolute Gasteiger partial charge is 0.361 e. The van der Waals surface area contributed by atoms with Crippen molar-refractivity contribution in [3.05, 3.63) is 69.9 Å². The van der Waals surface area contributed by atoms with E-state index in [0.29, 0.717) is 36.1 Å². The number of rotatable bonds is 3. The molecule has 2 aliphatic heterocycles. The van der Waals surface area contributed by atoms with Crippen molar-refractivity contribution in [1.82, 2.24) is 20.5 Å². The van der Waals surface area contributed by atoms with Gasteiger partial charge in [0.1, 0.15) is 0 Å². The number of fused-ring (bicyclic) bond motifs is 1. The molecule has 34 heavy (non-hydrogen) atoms. The molecule has 0 bridgehead atoms. The number of benzene rings is 2. The fourth-order valence-electron chi connectivity index (χ4n) is 4.65. The lowest BCUT2D eigenvalue weighted by molar-refractivity contribution is -0.137. The Bertz CT molecular complexity index is 1360. The number of carbonyl (C=O) groups is 2. The predicted molar refractivity (Wildman–Crippen MR) is 123 cm³/mol. The van der Waals surface area contributed by atoms with E-state index < -0.39 is 28.6 Å². The van der Waals surface area contributed by atoms with Crippen LogP contribution in [0.4, 0.5) is 13.2 Å². The Hall–Kier alpha value is -3.14. The summed E-state index contributed by atoms with van der Waals surface area (Å²) in [5, 5.41) is 5.48. The van der Waals surface area contributed by atoms with Crippen molar-refractivity contribution in [3.63, 3.8) is 0 Å². The summed E-state index contributed by atoms with van der Waals surface area (Å²) in [5.74, 6) is -1.47. The number of nitrogens with zero attached hydrogens (tertiary/aromatic N) is 1. The number of para-hydroxylation sites is 1. The van der Waals surface area contributed by atoms with Crippen molar-refractivity contribution >= 4 is 45.5 Å². The quantitative estimate of drug-likeness (QED) is 0.487. The topological polar surface area (TPSA) is 77.2 Å². The molecule has 176 valence electrons. The van der Waals surface area contributed by atoms with Gasteiger partial charge in [0.25, 0.3) is 11.8 Å². The lowest BCUT2D eigenvalue weighted by Crippen LogP contribution is -2.43. The van der Waals surface area contributed by atoms with Crippen LogP contribution in [0, 0.1) is 0 Å². The number of amides is 2. The van der Waals surface area contributed by atoms with Gasteiger partial charge in [0.05, 0.1) is 21.7 Å². The maximum absolute atomic E-state index is 14.0. The van der Waals surface area contributed by atoms with E-state index in [-0.39, 0.29) is 22.8 Å². The van der Waals surface area contributed by atoms with Crippen LogP contribution in [0.5, 0.6) is 0 Å². The zero-order valence-electron chi connectivity index (χ0n) is 18.0. The summed E-state index contributed by atoms with van der Waals surface area (Å²) in [5.41, 5.74) is 0.165. The van der Waals surface area contributed by atoms with Gasteiger partial charge in [-0.15, -0.1) is 0 Å². The number of piperazine rings is 1. The molecule has 0 spiro atoms. The van der Waals surface area contributed by atoms with E-state index in [9.17, 15) is 22.8 Å². The van der Waals surface area contributed by atoms with E-state index in [2.05, 4.69) is 15.6 Å². The fraction of sp³-hybridized carbons (Fsp3) is 0.250. The SMILES string of the molecule is CN1CCNCC1c1cc(C2=C(c3c[nH]c4ccccc34)C(=O)NC2=O)c(Cl)c(C(F)(F)F)c1. The molecule has 2 aliphatic rings. The predicted octanol–water partition coefficient (Wildman–Crippen LogP) is 3.98. The van der Waals surface area contributed by atoms with Crippen LogP contribution in [0.3, 0.4) is 0 Å². The summed E-state index contributed by atoms with van der Waals surface area (Å²) in [6, 6.07) is 9.31. The van der Waals surface area contributed by atoms with E-state index in [4.69, 9.17) is 11.6 Å². The molecule has 0 saturated carbocycles. The summed E-state index contributed by atoms with van der Waals surface area (Å²) in [4.78, 5) is 30.8. The molecule has 1 atom stereocenters. The summed E-state index contributed by atoms with van der Waals surface area (Å²) in [7, 11) is 1.83. The first-order chi connectivity index (χ1) is 16.2. The molecule has 2 amide bonds. The average molecular weight is 489 g/mol. The van der Waals surface area contributed by atoms with Crippen molar-refractivity contribution in [2.24, 2.45) is 0 Å². The molecule has 2 aromatic carbocycles. The second-order valence-corrected chi connectivity index (χ2v) is 8.79. The Labute approximate surface area is 197 Å². The summed E-state index contributed by atoms with van der Waals surface area (Å²) >= 11 is 6.30. The highest BCUT2D eigenvalue weighted by atomic mass is 35.5. The van der Waals surface area contributed by atoms with Crippen molar-refractivity contribution in [3.8, 4) is 0 Å². The summed E-state index contributed by atoms with van der Waals surface area (Å²) < 4.78 is 42.0. The molecule has 6 nitrogen and oxygen atoms in total. The van der Waals surface area contributed by atoms with Gasteiger partial charge in [0.15, 0.2) is 0 Å². The van der Waals surface area contributed by atoms with Crippen LogP contribution in [-0.4, -0.2) is 48.4 Å². The molecule has 3 heterocycles. The normalized spacial score (nSPS) is 19.9. The van der Waals surface area contributed by atoms with Gasteiger partial charge in [-0.1, -0.05) is 29.8 Å². The van der Waals surface area contributed by atoms with Gasteiger partial charge in [-0.2, -0.15) is 13.2 Å². The minimum absolute atomic E-state index is 0.00949. The minimum Gasteiger partial charge on any atom is -0.361 e. The number of halogens is 4. The van der Waals surface area contributed by atoms with E-state index in [1.54, 1.807) is 24.4 Å². The number of alkyl halides is 3. The van der Waals surface area contributed by atoms with Crippen LogP contribution in [0.25, 0.3) is 22.0 Å². The molecule has 0 radical (unpaired) electrons. The van der Waals surface area contributed by atoms with Crippen LogP contribution < -0.4 is 10.6 Å². The van der Waals surface area contributed by atoms with Gasteiger partial charge >= 0.3 is 6.18 Å².